The number of hydrogen-bond donors (Lipinski definition) is 2. The summed E-state index contributed by atoms with van der Waals surface area (Å²) in [5.41, 5.74) is 6.48. The summed E-state index contributed by atoms with van der Waals surface area (Å²) < 4.78 is 0.828. The zero-order valence-corrected chi connectivity index (χ0v) is 10.8. The lowest BCUT2D eigenvalue weighted by Crippen LogP contribution is -2.08. The summed E-state index contributed by atoms with van der Waals surface area (Å²) in [5.74, 6) is 0.0826. The highest BCUT2D eigenvalue weighted by Gasteiger charge is 2.12. The second-order valence-corrected chi connectivity index (χ2v) is 4.16. The van der Waals surface area contributed by atoms with Gasteiger partial charge in [0, 0.05) is 16.1 Å². The van der Waals surface area contributed by atoms with E-state index in [1.807, 2.05) is 6.92 Å². The first-order chi connectivity index (χ1) is 6.06. The third-order valence-electron chi connectivity index (χ3n) is 1.90. The van der Waals surface area contributed by atoms with Gasteiger partial charge in [0.2, 0.25) is 0 Å². The third-order valence-corrected chi connectivity index (χ3v) is 2.64. The Kier molecular flexibility index (Phi) is 5.83. The average molecular weight is 301 g/mol. The molecule has 0 aromatic heterocycles. The van der Waals surface area contributed by atoms with Crippen molar-refractivity contribution in [3.8, 4) is 5.75 Å². The molecule has 5 heteroatoms. The van der Waals surface area contributed by atoms with Crippen LogP contribution in [0.5, 0.6) is 5.75 Å². The summed E-state index contributed by atoms with van der Waals surface area (Å²) in [5, 5.41) is 9.92. The molecule has 0 heterocycles. The number of halogens is 3. The van der Waals surface area contributed by atoms with Crippen LogP contribution in [-0.2, 0) is 0 Å². The largest absolute Gasteiger partial charge is 0.506 e. The van der Waals surface area contributed by atoms with Crippen molar-refractivity contribution in [2.45, 2.75) is 19.4 Å². The Morgan fingerprint density at radius 2 is 2.14 bits per heavy atom. The molecule has 0 aliphatic rings. The molecule has 80 valence electrons. The zero-order valence-electron chi connectivity index (χ0n) is 7.63. The van der Waals surface area contributed by atoms with Crippen LogP contribution in [0, 0.1) is 0 Å². The second-order valence-electron chi connectivity index (χ2n) is 2.84. The van der Waals surface area contributed by atoms with Crippen LogP contribution < -0.4 is 5.73 Å². The van der Waals surface area contributed by atoms with Crippen LogP contribution in [0.1, 0.15) is 24.9 Å². The van der Waals surface area contributed by atoms with Crippen LogP contribution in [0.3, 0.4) is 0 Å². The van der Waals surface area contributed by atoms with Gasteiger partial charge in [-0.15, -0.1) is 12.4 Å². The maximum absolute atomic E-state index is 9.59. The molecule has 0 saturated carbocycles. The fourth-order valence-corrected chi connectivity index (χ4v) is 1.92. The van der Waals surface area contributed by atoms with Gasteiger partial charge in [0.1, 0.15) is 5.75 Å². The van der Waals surface area contributed by atoms with Crippen molar-refractivity contribution in [1.82, 2.24) is 0 Å². The Morgan fingerprint density at radius 1 is 1.57 bits per heavy atom. The van der Waals surface area contributed by atoms with E-state index in [9.17, 15) is 5.11 Å². The number of aromatic hydroxyl groups is 1. The lowest BCUT2D eigenvalue weighted by Gasteiger charge is -2.12. The van der Waals surface area contributed by atoms with Gasteiger partial charge in [0.25, 0.3) is 0 Å². The number of nitrogens with two attached hydrogens (primary N) is 1. The minimum atomic E-state index is -0.171. The molecule has 0 bridgehead atoms. The fraction of sp³-hybridized carbons (Fsp3) is 0.333. The summed E-state index contributed by atoms with van der Waals surface area (Å²) >= 11 is 9.08. The molecule has 0 spiro atoms. The van der Waals surface area contributed by atoms with E-state index in [0.717, 1.165) is 10.9 Å². The molecule has 0 fully saturated rings. The Bertz CT molecular complexity index is 320. The van der Waals surface area contributed by atoms with Gasteiger partial charge < -0.3 is 10.8 Å². The second kappa shape index (κ2) is 5.81. The Morgan fingerprint density at radius 3 is 2.64 bits per heavy atom. The van der Waals surface area contributed by atoms with Crippen molar-refractivity contribution in [1.29, 1.82) is 0 Å². The van der Waals surface area contributed by atoms with E-state index >= 15 is 0 Å². The van der Waals surface area contributed by atoms with Gasteiger partial charge in [0.15, 0.2) is 0 Å². The minimum Gasteiger partial charge on any atom is -0.506 e. The summed E-state index contributed by atoms with van der Waals surface area (Å²) in [6.07, 6.45) is 0.764. The zero-order chi connectivity index (χ0) is 10.0. The number of phenols is 1. The van der Waals surface area contributed by atoms with Gasteiger partial charge in [-0.3, -0.25) is 0 Å². The molecule has 1 aromatic rings. The summed E-state index contributed by atoms with van der Waals surface area (Å²) in [6.45, 7) is 1.96. The first-order valence-corrected chi connectivity index (χ1v) is 5.16. The first-order valence-electron chi connectivity index (χ1n) is 3.99. The standard InChI is InChI=1S/C9H11BrClNO.ClH/c1-2-8(12)6-3-5(10)4-7(11)9(6)13;/h3-4,8,13H,2,12H2,1H3;1H/t8-;/m1./s1. The van der Waals surface area contributed by atoms with Gasteiger partial charge in [-0.05, 0) is 18.6 Å². The molecular formula is C9H12BrCl2NO. The number of rotatable bonds is 2. The predicted molar refractivity (Wildman–Crippen MR) is 65.3 cm³/mol. The van der Waals surface area contributed by atoms with Crippen LogP contribution in [0.2, 0.25) is 5.02 Å². The van der Waals surface area contributed by atoms with Gasteiger partial charge in [-0.25, -0.2) is 0 Å². The van der Waals surface area contributed by atoms with E-state index < -0.39 is 0 Å². The van der Waals surface area contributed by atoms with Gasteiger partial charge in [-0.2, -0.15) is 0 Å². The number of phenolic OH excluding ortho intramolecular Hbond substituents is 1. The maximum Gasteiger partial charge on any atom is 0.139 e. The van der Waals surface area contributed by atoms with Crippen LogP contribution in [-0.4, -0.2) is 5.11 Å². The van der Waals surface area contributed by atoms with Crippen LogP contribution in [0.25, 0.3) is 0 Å². The van der Waals surface area contributed by atoms with Crippen molar-refractivity contribution in [2.24, 2.45) is 5.73 Å². The molecule has 0 aliphatic carbocycles. The smallest absolute Gasteiger partial charge is 0.139 e. The minimum absolute atomic E-state index is 0. The molecule has 0 radical (unpaired) electrons. The molecule has 0 aliphatic heterocycles. The topological polar surface area (TPSA) is 46.2 Å². The van der Waals surface area contributed by atoms with Crippen molar-refractivity contribution in [3.63, 3.8) is 0 Å². The summed E-state index contributed by atoms with van der Waals surface area (Å²) in [6, 6.07) is 3.26. The van der Waals surface area contributed by atoms with Crippen LogP contribution in [0.4, 0.5) is 0 Å². The predicted octanol–water partition coefficient (Wildman–Crippen LogP) is 3.64. The third kappa shape index (κ3) is 3.02. The Labute approximate surface area is 103 Å². The van der Waals surface area contributed by atoms with Gasteiger partial charge in [-0.1, -0.05) is 34.5 Å². The maximum atomic E-state index is 9.59. The molecule has 1 atom stereocenters. The van der Waals surface area contributed by atoms with Crippen molar-refractivity contribution < 1.29 is 5.11 Å². The first kappa shape index (κ1) is 14.0. The van der Waals surface area contributed by atoms with E-state index in [-0.39, 0.29) is 24.2 Å². The lowest BCUT2D eigenvalue weighted by atomic mass is 10.0. The number of hydrogen-bond acceptors (Lipinski definition) is 2. The highest BCUT2D eigenvalue weighted by molar-refractivity contribution is 9.10. The molecule has 14 heavy (non-hydrogen) atoms. The van der Waals surface area contributed by atoms with Crippen molar-refractivity contribution in [3.05, 3.63) is 27.2 Å². The molecule has 0 saturated heterocycles. The molecule has 1 aromatic carbocycles. The average Bonchev–Trinajstić information content (AvgIpc) is 2.10. The van der Waals surface area contributed by atoms with E-state index in [0.29, 0.717) is 10.6 Å². The quantitative estimate of drug-likeness (QED) is 0.876. The molecule has 0 amide bonds. The Hall–Kier alpha value is 0.0400. The summed E-state index contributed by atoms with van der Waals surface area (Å²) in [7, 11) is 0. The lowest BCUT2D eigenvalue weighted by molar-refractivity contribution is 0.460. The van der Waals surface area contributed by atoms with E-state index in [2.05, 4.69) is 15.9 Å². The van der Waals surface area contributed by atoms with Crippen LogP contribution >= 0.6 is 39.9 Å². The summed E-state index contributed by atoms with van der Waals surface area (Å²) in [4.78, 5) is 0. The van der Waals surface area contributed by atoms with E-state index in [4.69, 9.17) is 17.3 Å². The molecule has 2 nitrogen and oxygen atoms in total. The highest BCUT2D eigenvalue weighted by Crippen LogP contribution is 2.34. The van der Waals surface area contributed by atoms with Crippen molar-refractivity contribution >= 4 is 39.9 Å². The Balaban J connectivity index is 0.00000169. The highest BCUT2D eigenvalue weighted by atomic mass is 79.9. The number of benzene rings is 1. The molecular weight excluding hydrogens is 289 g/mol. The van der Waals surface area contributed by atoms with E-state index in [1.54, 1.807) is 12.1 Å². The van der Waals surface area contributed by atoms with Crippen LogP contribution in [0.15, 0.2) is 16.6 Å². The van der Waals surface area contributed by atoms with Gasteiger partial charge >= 0.3 is 0 Å². The SMILES string of the molecule is CC[C@@H](N)c1cc(Br)cc(Cl)c1O.Cl. The molecule has 1 rings (SSSR count). The molecule has 3 N–H and O–H groups in total. The fourth-order valence-electron chi connectivity index (χ4n) is 1.09. The van der Waals surface area contributed by atoms with Gasteiger partial charge in [0.05, 0.1) is 5.02 Å². The monoisotopic (exact) mass is 299 g/mol. The molecule has 0 unspecified atom stereocenters. The normalized spacial score (nSPS) is 12.0. The van der Waals surface area contributed by atoms with Crippen molar-refractivity contribution in [2.75, 3.05) is 0 Å². The van der Waals surface area contributed by atoms with E-state index in [1.165, 1.54) is 0 Å².